The second-order valence-electron chi connectivity index (χ2n) is 5.14. The Bertz CT molecular complexity index is 659. The van der Waals surface area contributed by atoms with Gasteiger partial charge in [0.25, 0.3) is 5.91 Å². The van der Waals surface area contributed by atoms with E-state index in [2.05, 4.69) is 20.9 Å². The maximum atomic E-state index is 12.8. The molecule has 1 aliphatic rings. The van der Waals surface area contributed by atoms with Gasteiger partial charge >= 0.3 is 0 Å². The van der Waals surface area contributed by atoms with E-state index in [4.69, 9.17) is 11.6 Å². The molecule has 1 fully saturated rings. The van der Waals surface area contributed by atoms with Crippen LogP contribution in [0.4, 0.5) is 0 Å². The lowest BCUT2D eigenvalue weighted by Gasteiger charge is -2.23. The van der Waals surface area contributed by atoms with Gasteiger partial charge in [0, 0.05) is 34.5 Å². The van der Waals surface area contributed by atoms with E-state index in [1.165, 1.54) is 0 Å². The maximum Gasteiger partial charge on any atom is 0.255 e. The van der Waals surface area contributed by atoms with E-state index in [0.717, 1.165) is 22.9 Å². The summed E-state index contributed by atoms with van der Waals surface area (Å²) in [4.78, 5) is 18.7. The van der Waals surface area contributed by atoms with Crippen LogP contribution in [0.3, 0.4) is 0 Å². The average molecular weight is 366 g/mol. The third-order valence-electron chi connectivity index (χ3n) is 3.51. The molecule has 0 aliphatic heterocycles. The standard InChI is InChI=1S/C16H14BrClN2O/c17-15-9-12(18)1-4-14(15)16(21)20(13-2-3-13)10-11-5-7-19-8-6-11/h1,4-9,13H,2-3,10H2. The molecule has 3 nitrogen and oxygen atoms in total. The zero-order valence-electron chi connectivity index (χ0n) is 11.3. The SMILES string of the molecule is O=C(c1ccc(Cl)cc1Br)N(Cc1ccncc1)C1CC1. The number of hydrogen-bond donors (Lipinski definition) is 0. The molecule has 5 heteroatoms. The topological polar surface area (TPSA) is 33.2 Å². The number of amides is 1. The molecule has 1 aliphatic carbocycles. The molecule has 0 radical (unpaired) electrons. The van der Waals surface area contributed by atoms with Crippen LogP contribution in [0.15, 0.2) is 47.2 Å². The molecule has 0 saturated heterocycles. The van der Waals surface area contributed by atoms with E-state index in [9.17, 15) is 4.79 Å². The molecule has 1 aromatic carbocycles. The van der Waals surface area contributed by atoms with E-state index < -0.39 is 0 Å². The molecule has 108 valence electrons. The van der Waals surface area contributed by atoms with Crippen LogP contribution in [-0.2, 0) is 6.54 Å². The van der Waals surface area contributed by atoms with E-state index in [1.807, 2.05) is 17.0 Å². The number of aromatic nitrogens is 1. The molecule has 0 spiro atoms. The lowest BCUT2D eigenvalue weighted by atomic mass is 10.1. The monoisotopic (exact) mass is 364 g/mol. The first-order valence-electron chi connectivity index (χ1n) is 6.80. The normalized spacial score (nSPS) is 14.0. The molecule has 1 heterocycles. The van der Waals surface area contributed by atoms with Crippen LogP contribution in [-0.4, -0.2) is 21.8 Å². The number of carbonyl (C=O) groups is 1. The van der Waals surface area contributed by atoms with E-state index in [1.54, 1.807) is 30.6 Å². The van der Waals surface area contributed by atoms with Crippen molar-refractivity contribution in [3.8, 4) is 0 Å². The lowest BCUT2D eigenvalue weighted by Crippen LogP contribution is -2.32. The highest BCUT2D eigenvalue weighted by Gasteiger charge is 2.33. The van der Waals surface area contributed by atoms with Crippen molar-refractivity contribution in [1.29, 1.82) is 0 Å². The Hall–Kier alpha value is -1.39. The number of pyridine rings is 1. The van der Waals surface area contributed by atoms with Crippen molar-refractivity contribution in [1.82, 2.24) is 9.88 Å². The summed E-state index contributed by atoms with van der Waals surface area (Å²) in [5.41, 5.74) is 1.75. The van der Waals surface area contributed by atoms with Gasteiger partial charge < -0.3 is 4.90 Å². The zero-order chi connectivity index (χ0) is 14.8. The first kappa shape index (κ1) is 14.5. The van der Waals surface area contributed by atoms with Crippen LogP contribution in [0.5, 0.6) is 0 Å². The van der Waals surface area contributed by atoms with Gasteiger partial charge in [-0.3, -0.25) is 9.78 Å². The fourth-order valence-corrected chi connectivity index (χ4v) is 3.11. The van der Waals surface area contributed by atoms with E-state index in [-0.39, 0.29) is 5.91 Å². The Morgan fingerprint density at radius 3 is 2.62 bits per heavy atom. The Labute approximate surface area is 137 Å². The Morgan fingerprint density at radius 1 is 1.29 bits per heavy atom. The highest BCUT2D eigenvalue weighted by molar-refractivity contribution is 9.10. The van der Waals surface area contributed by atoms with Crippen LogP contribution in [0.2, 0.25) is 5.02 Å². The van der Waals surface area contributed by atoms with Crippen molar-refractivity contribution < 1.29 is 4.79 Å². The van der Waals surface area contributed by atoms with Gasteiger partial charge in [-0.05, 0) is 64.7 Å². The molecule has 2 aromatic rings. The highest BCUT2D eigenvalue weighted by atomic mass is 79.9. The Kier molecular flexibility index (Phi) is 4.27. The van der Waals surface area contributed by atoms with Crippen LogP contribution in [0.25, 0.3) is 0 Å². The summed E-state index contributed by atoms with van der Waals surface area (Å²) in [5, 5.41) is 0.616. The first-order valence-corrected chi connectivity index (χ1v) is 7.97. The van der Waals surface area contributed by atoms with E-state index >= 15 is 0 Å². The number of carbonyl (C=O) groups excluding carboxylic acids is 1. The van der Waals surface area contributed by atoms with Crippen molar-refractivity contribution >= 4 is 33.4 Å². The smallest absolute Gasteiger partial charge is 0.255 e. The van der Waals surface area contributed by atoms with Crippen LogP contribution in [0.1, 0.15) is 28.8 Å². The largest absolute Gasteiger partial charge is 0.331 e. The predicted octanol–water partition coefficient (Wildman–Crippen LogP) is 4.30. The molecule has 3 rings (SSSR count). The fourth-order valence-electron chi connectivity index (χ4n) is 2.26. The van der Waals surface area contributed by atoms with Gasteiger partial charge in [-0.25, -0.2) is 0 Å². The van der Waals surface area contributed by atoms with Crippen LogP contribution in [0, 0.1) is 0 Å². The zero-order valence-corrected chi connectivity index (χ0v) is 13.6. The number of rotatable bonds is 4. The molecule has 1 saturated carbocycles. The molecule has 0 bridgehead atoms. The summed E-state index contributed by atoms with van der Waals surface area (Å²) >= 11 is 9.37. The number of benzene rings is 1. The third-order valence-corrected chi connectivity index (χ3v) is 4.40. The molecule has 0 atom stereocenters. The average Bonchev–Trinajstić information content (AvgIpc) is 3.30. The van der Waals surface area contributed by atoms with E-state index in [0.29, 0.717) is 23.2 Å². The summed E-state index contributed by atoms with van der Waals surface area (Å²) in [5.74, 6) is 0.0397. The number of halogens is 2. The minimum Gasteiger partial charge on any atom is -0.331 e. The van der Waals surface area contributed by atoms with Crippen molar-refractivity contribution in [2.24, 2.45) is 0 Å². The molecule has 0 N–H and O–H groups in total. The molecule has 0 unspecified atom stereocenters. The summed E-state index contributed by atoms with van der Waals surface area (Å²) < 4.78 is 0.736. The van der Waals surface area contributed by atoms with Crippen LogP contribution < -0.4 is 0 Å². The van der Waals surface area contributed by atoms with Gasteiger partial charge in [0.1, 0.15) is 0 Å². The van der Waals surface area contributed by atoms with Crippen molar-refractivity contribution in [2.45, 2.75) is 25.4 Å². The van der Waals surface area contributed by atoms with Gasteiger partial charge in [0.05, 0.1) is 5.56 Å². The lowest BCUT2D eigenvalue weighted by molar-refractivity contribution is 0.0729. The summed E-state index contributed by atoms with van der Waals surface area (Å²) in [7, 11) is 0. The first-order chi connectivity index (χ1) is 10.1. The minimum absolute atomic E-state index is 0.0397. The quantitative estimate of drug-likeness (QED) is 0.809. The fraction of sp³-hybridized carbons (Fsp3) is 0.250. The Morgan fingerprint density at radius 2 is 2.00 bits per heavy atom. The summed E-state index contributed by atoms with van der Waals surface area (Å²) in [6.07, 6.45) is 5.65. The second-order valence-corrected chi connectivity index (χ2v) is 6.43. The van der Waals surface area contributed by atoms with Crippen molar-refractivity contribution in [3.63, 3.8) is 0 Å². The van der Waals surface area contributed by atoms with Crippen LogP contribution >= 0.6 is 27.5 Å². The molecule has 21 heavy (non-hydrogen) atoms. The second kappa shape index (κ2) is 6.16. The minimum atomic E-state index is 0.0397. The van der Waals surface area contributed by atoms with Crippen molar-refractivity contribution in [2.75, 3.05) is 0 Å². The third kappa shape index (κ3) is 3.44. The number of nitrogens with zero attached hydrogens (tertiary/aromatic N) is 2. The molecular formula is C16H14BrClN2O. The predicted molar refractivity (Wildman–Crippen MR) is 86.3 cm³/mol. The van der Waals surface area contributed by atoms with Gasteiger partial charge in [0.15, 0.2) is 0 Å². The molecule has 1 aromatic heterocycles. The van der Waals surface area contributed by atoms with Gasteiger partial charge in [0.2, 0.25) is 0 Å². The van der Waals surface area contributed by atoms with Gasteiger partial charge in [-0.2, -0.15) is 0 Å². The summed E-state index contributed by atoms with van der Waals surface area (Å²) in [6, 6.07) is 9.51. The van der Waals surface area contributed by atoms with Crippen molar-refractivity contribution in [3.05, 3.63) is 63.3 Å². The summed E-state index contributed by atoms with van der Waals surface area (Å²) in [6.45, 7) is 0.612. The molecule has 1 amide bonds. The molecular weight excluding hydrogens is 352 g/mol. The Balaban J connectivity index is 1.85. The maximum absolute atomic E-state index is 12.8. The van der Waals surface area contributed by atoms with Gasteiger partial charge in [-0.1, -0.05) is 11.6 Å². The number of hydrogen-bond acceptors (Lipinski definition) is 2. The van der Waals surface area contributed by atoms with Gasteiger partial charge in [-0.15, -0.1) is 0 Å². The highest BCUT2D eigenvalue weighted by Crippen LogP contribution is 2.31.